The van der Waals surface area contributed by atoms with Gasteiger partial charge in [-0.25, -0.2) is 0 Å². The first-order valence-electron chi connectivity index (χ1n) is 3.20. The molecule has 1 rings (SSSR count). The Morgan fingerprint density at radius 1 is 1.44 bits per heavy atom. The van der Waals surface area contributed by atoms with Gasteiger partial charge in [0.15, 0.2) is 0 Å². The predicted molar refractivity (Wildman–Crippen MR) is 28.3 cm³/mol. The number of carboxylic acid groups (broad SMARTS) is 1. The third-order valence-electron chi connectivity index (χ3n) is 1.47. The summed E-state index contributed by atoms with van der Waals surface area (Å²) in [7, 11) is 0. The van der Waals surface area contributed by atoms with E-state index < -0.39 is 6.47 Å². The minimum atomic E-state index is -0.500. The van der Waals surface area contributed by atoms with Crippen LogP contribution in [0.15, 0.2) is 0 Å². The molecule has 0 heterocycles. The molecule has 1 aliphatic carbocycles. The molecule has 0 bridgehead atoms. The van der Waals surface area contributed by atoms with Gasteiger partial charge in [0.1, 0.15) is 0 Å². The van der Waals surface area contributed by atoms with Crippen LogP contribution in [0.4, 0.5) is 0 Å². The normalized spacial score (nSPS) is 18.4. The molecule has 0 aliphatic heterocycles. The van der Waals surface area contributed by atoms with Gasteiger partial charge in [0.2, 0.25) is 0 Å². The molecule has 0 radical (unpaired) electrons. The summed E-state index contributed by atoms with van der Waals surface area (Å²) >= 11 is 1.54. The maximum absolute atomic E-state index is 8.25. The summed E-state index contributed by atoms with van der Waals surface area (Å²) in [6, 6.07) is 0. The van der Waals surface area contributed by atoms with E-state index in [2.05, 4.69) is 0 Å². The van der Waals surface area contributed by atoms with Crippen LogP contribution in [0, 0.1) is 0 Å². The van der Waals surface area contributed by atoms with Crippen LogP contribution in [-0.2, 0) is 23.1 Å². The second-order valence-electron chi connectivity index (χ2n) is 2.25. The zero-order valence-corrected chi connectivity index (χ0v) is 8.47. The SMILES string of the molecule is O=C[O-].[Zn+][CH]1CCCC1. The number of hydrogen-bond donors (Lipinski definition) is 0. The van der Waals surface area contributed by atoms with Crippen molar-refractivity contribution in [1.29, 1.82) is 0 Å². The van der Waals surface area contributed by atoms with Gasteiger partial charge in [-0.15, -0.1) is 0 Å². The molecule has 0 unspecified atom stereocenters. The Morgan fingerprint density at radius 2 is 1.78 bits per heavy atom. The van der Waals surface area contributed by atoms with Gasteiger partial charge in [0.25, 0.3) is 0 Å². The Bertz CT molecular complexity index is 69.5. The summed E-state index contributed by atoms with van der Waals surface area (Å²) in [5, 5.41) is 8.25. The summed E-state index contributed by atoms with van der Waals surface area (Å²) in [4.78, 5) is 8.25. The molecule has 0 saturated heterocycles. The molecule has 9 heavy (non-hydrogen) atoms. The molecule has 0 N–H and O–H groups in total. The maximum atomic E-state index is 8.25. The van der Waals surface area contributed by atoms with Crippen LogP contribution in [0.2, 0.25) is 4.51 Å². The molecule has 1 aliphatic rings. The Morgan fingerprint density at radius 3 is 1.89 bits per heavy atom. The van der Waals surface area contributed by atoms with Crippen molar-refractivity contribution < 1.29 is 28.2 Å². The first kappa shape index (κ1) is 9.09. The Hall–Kier alpha value is 0.0934. The second kappa shape index (κ2) is 6.22. The zero-order valence-electron chi connectivity index (χ0n) is 5.51. The van der Waals surface area contributed by atoms with Gasteiger partial charge in [-0.2, -0.15) is 0 Å². The molecule has 1 fully saturated rings. The van der Waals surface area contributed by atoms with Crippen LogP contribution < -0.4 is 5.11 Å². The predicted octanol–water partition coefficient (Wildman–Crippen LogP) is 0.262. The molecular weight excluding hydrogens is 169 g/mol. The van der Waals surface area contributed by atoms with E-state index in [1.165, 1.54) is 17.4 Å². The minimum absolute atomic E-state index is 0.500. The quantitative estimate of drug-likeness (QED) is 0.395. The van der Waals surface area contributed by atoms with Gasteiger partial charge in [-0.3, -0.25) is 0 Å². The average Bonchev–Trinajstić information content (AvgIpc) is 2.20. The van der Waals surface area contributed by atoms with Crippen molar-refractivity contribution in [2.45, 2.75) is 30.2 Å². The fourth-order valence-electron chi connectivity index (χ4n) is 1.01. The molecule has 0 aromatic heterocycles. The van der Waals surface area contributed by atoms with Crippen LogP contribution in [0.1, 0.15) is 25.7 Å². The van der Waals surface area contributed by atoms with Crippen LogP contribution in [0.3, 0.4) is 0 Å². The van der Waals surface area contributed by atoms with Crippen molar-refractivity contribution in [2.75, 3.05) is 0 Å². The van der Waals surface area contributed by atoms with Gasteiger partial charge in [-0.05, 0) is 0 Å². The number of carbonyl (C=O) groups is 1. The molecule has 0 aromatic rings. The Kier molecular flexibility index (Phi) is 6.28. The third kappa shape index (κ3) is 5.97. The van der Waals surface area contributed by atoms with Crippen molar-refractivity contribution in [1.82, 2.24) is 0 Å². The van der Waals surface area contributed by atoms with E-state index in [1.54, 1.807) is 31.1 Å². The average molecular weight is 180 g/mol. The van der Waals surface area contributed by atoms with E-state index in [-0.39, 0.29) is 0 Å². The van der Waals surface area contributed by atoms with E-state index in [4.69, 9.17) is 9.90 Å². The molecule has 0 spiro atoms. The second-order valence-corrected chi connectivity index (χ2v) is 4.67. The van der Waals surface area contributed by atoms with E-state index in [0.29, 0.717) is 0 Å². The van der Waals surface area contributed by atoms with Crippen molar-refractivity contribution >= 4 is 6.47 Å². The van der Waals surface area contributed by atoms with Gasteiger partial charge < -0.3 is 9.90 Å². The number of rotatable bonds is 0. The molecule has 3 heteroatoms. The van der Waals surface area contributed by atoms with E-state index in [9.17, 15) is 0 Å². The van der Waals surface area contributed by atoms with Crippen molar-refractivity contribution in [2.24, 2.45) is 0 Å². The van der Waals surface area contributed by atoms with Gasteiger partial charge in [0, 0.05) is 6.47 Å². The van der Waals surface area contributed by atoms with E-state index in [1.807, 2.05) is 0 Å². The third-order valence-corrected chi connectivity index (χ3v) is 3.19. The van der Waals surface area contributed by atoms with Gasteiger partial charge in [0.05, 0.1) is 0 Å². The summed E-state index contributed by atoms with van der Waals surface area (Å²) in [5.74, 6) is 0. The molecule has 2 nitrogen and oxygen atoms in total. The molecule has 0 aromatic carbocycles. The number of carbonyl (C=O) groups excluding carboxylic acids is 1. The van der Waals surface area contributed by atoms with Crippen LogP contribution in [0.25, 0.3) is 0 Å². The van der Waals surface area contributed by atoms with E-state index >= 15 is 0 Å². The monoisotopic (exact) mass is 178 g/mol. The fourth-order valence-corrected chi connectivity index (χ4v) is 2.22. The van der Waals surface area contributed by atoms with Crippen molar-refractivity contribution in [3.8, 4) is 0 Å². The zero-order chi connectivity index (χ0) is 7.11. The summed E-state index contributed by atoms with van der Waals surface area (Å²) in [6.45, 7) is -0.500. The summed E-state index contributed by atoms with van der Waals surface area (Å²) < 4.78 is 1.17. The van der Waals surface area contributed by atoms with E-state index in [0.717, 1.165) is 0 Å². The molecule has 0 atom stereocenters. The first-order chi connectivity index (χ1) is 4.31. The van der Waals surface area contributed by atoms with Gasteiger partial charge >= 0.3 is 48.5 Å². The Labute approximate surface area is 65.3 Å². The number of hydrogen-bond acceptors (Lipinski definition) is 2. The topological polar surface area (TPSA) is 40.1 Å². The van der Waals surface area contributed by atoms with Gasteiger partial charge in [-0.1, -0.05) is 0 Å². The van der Waals surface area contributed by atoms with Crippen molar-refractivity contribution in [3.63, 3.8) is 0 Å². The molecule has 1 saturated carbocycles. The van der Waals surface area contributed by atoms with Crippen LogP contribution in [0.5, 0.6) is 0 Å². The summed E-state index contributed by atoms with van der Waals surface area (Å²) in [5.41, 5.74) is 0. The summed E-state index contributed by atoms with van der Waals surface area (Å²) in [6.07, 6.45) is 6.12. The molecule has 0 amide bonds. The van der Waals surface area contributed by atoms with Crippen LogP contribution >= 0.6 is 0 Å². The fraction of sp³-hybridized carbons (Fsp3) is 0.833. The molecule has 48 valence electrons. The van der Waals surface area contributed by atoms with Crippen molar-refractivity contribution in [3.05, 3.63) is 0 Å². The Balaban J connectivity index is 0.000000187. The first-order valence-corrected chi connectivity index (χ1v) is 4.91. The molecular formula is C6H10O2Zn. The standard InChI is InChI=1S/C5H9.CH2O2.Zn/c1-2-4-5-3-1;2-1-3;/h1H,2-5H2;1H,(H,2,3);/q;;+1/p-1. The van der Waals surface area contributed by atoms with Crippen LogP contribution in [-0.4, -0.2) is 6.47 Å².